The van der Waals surface area contributed by atoms with E-state index in [1.807, 2.05) is 0 Å². The minimum absolute atomic E-state index is 0. The third-order valence-electron chi connectivity index (χ3n) is 0. The Morgan fingerprint density at radius 1 is 1.75 bits per heavy atom. The number of rotatable bonds is 0. The van der Waals surface area contributed by atoms with Gasteiger partial charge < -0.3 is 0 Å². The molecule has 0 atom stereocenters. The van der Waals surface area contributed by atoms with E-state index < -0.39 is 0 Å². The second-order valence-corrected chi connectivity index (χ2v) is 2.12. The minimum Gasteiger partial charge on any atom is -0.0686 e. The van der Waals surface area contributed by atoms with Gasteiger partial charge in [0.1, 0.15) is 0 Å². The van der Waals surface area contributed by atoms with E-state index in [0.29, 0.717) is 0 Å². The van der Waals surface area contributed by atoms with Crippen molar-refractivity contribution in [2.45, 2.75) is 13.0 Å². The third kappa shape index (κ3) is 12.6. The first kappa shape index (κ1) is 8.87. The molecule has 0 amide bonds. The monoisotopic (exact) mass is 108 g/mol. The van der Waals surface area contributed by atoms with E-state index in [-0.39, 0.29) is 21.7 Å². The Kier molecular flexibility index (Phi) is 20.1. The normalized spacial score (nSPS) is 5.25. The zero-order chi connectivity index (χ0) is 2.71. The molecule has 0 aromatic heterocycles. The summed E-state index contributed by atoms with van der Waals surface area (Å²) in [6, 6.07) is 1.39. The fraction of sp³-hybridized carbons (Fsp3) is 1.00. The Morgan fingerprint density at radius 3 is 1.75 bits per heavy atom. The standard InChI is InChI=1S/C2H8Si.Ti/c1-2-3;/h2H2,1,3H3;. The first-order valence-electron chi connectivity index (χ1n) is 1.41. The topological polar surface area (TPSA) is 0 Å². The van der Waals surface area contributed by atoms with Gasteiger partial charge in [-0.2, -0.15) is 0 Å². The van der Waals surface area contributed by atoms with Gasteiger partial charge in [-0.05, 0) is 0 Å². The Balaban J connectivity index is 0. The molecular formula is C2H8SiTi. The third-order valence-corrected chi connectivity index (χ3v) is 0. The number of hydrogen-bond donors (Lipinski definition) is 0. The molecule has 0 spiro atoms. The molecule has 0 aliphatic rings. The fourth-order valence-corrected chi connectivity index (χ4v) is 0. The van der Waals surface area contributed by atoms with E-state index in [2.05, 4.69) is 6.92 Å². The van der Waals surface area contributed by atoms with Crippen molar-refractivity contribution in [3.63, 3.8) is 0 Å². The summed E-state index contributed by atoms with van der Waals surface area (Å²) in [5, 5.41) is 0. The molecule has 0 aliphatic carbocycles. The molecule has 4 heavy (non-hydrogen) atoms. The zero-order valence-corrected chi connectivity index (χ0v) is 6.77. The zero-order valence-electron chi connectivity index (χ0n) is 3.21. The largest absolute Gasteiger partial charge is 0.0686 e. The summed E-state index contributed by atoms with van der Waals surface area (Å²) in [5.74, 6) is 0. The van der Waals surface area contributed by atoms with Gasteiger partial charge in [0, 0.05) is 32.0 Å². The predicted octanol–water partition coefficient (Wildman–Crippen LogP) is -0.212. The van der Waals surface area contributed by atoms with Crippen molar-refractivity contribution >= 4 is 10.2 Å². The molecule has 0 saturated heterocycles. The smallest absolute Gasteiger partial charge is 0.00244 e. The molecule has 0 aromatic carbocycles. The van der Waals surface area contributed by atoms with Gasteiger partial charge in [-0.1, -0.05) is 13.0 Å². The van der Waals surface area contributed by atoms with Crippen LogP contribution in [0.3, 0.4) is 0 Å². The van der Waals surface area contributed by atoms with Gasteiger partial charge >= 0.3 is 0 Å². The van der Waals surface area contributed by atoms with Crippen LogP contribution in [0.2, 0.25) is 6.04 Å². The van der Waals surface area contributed by atoms with Crippen LogP contribution in [0.1, 0.15) is 6.92 Å². The van der Waals surface area contributed by atoms with Crippen molar-refractivity contribution < 1.29 is 21.7 Å². The van der Waals surface area contributed by atoms with Crippen LogP contribution in [0.5, 0.6) is 0 Å². The SMILES string of the molecule is CC[SiH3].[Ti]. The van der Waals surface area contributed by atoms with E-state index in [1.165, 1.54) is 16.3 Å². The average molecular weight is 108 g/mol. The van der Waals surface area contributed by atoms with Crippen LogP contribution in [0.25, 0.3) is 0 Å². The molecule has 0 saturated carbocycles. The van der Waals surface area contributed by atoms with Crippen molar-refractivity contribution in [2.24, 2.45) is 0 Å². The molecule has 0 unspecified atom stereocenters. The Hall–Kier alpha value is 0.931. The van der Waals surface area contributed by atoms with Crippen molar-refractivity contribution in [3.8, 4) is 0 Å². The van der Waals surface area contributed by atoms with Crippen molar-refractivity contribution in [2.75, 3.05) is 0 Å². The molecule has 0 fully saturated rings. The maximum absolute atomic E-state index is 2.19. The van der Waals surface area contributed by atoms with E-state index in [4.69, 9.17) is 0 Å². The Bertz CT molecular complexity index is 6.00. The van der Waals surface area contributed by atoms with E-state index in [1.54, 1.807) is 0 Å². The van der Waals surface area contributed by atoms with E-state index in [0.717, 1.165) is 0 Å². The molecule has 24 valence electrons. The Morgan fingerprint density at radius 2 is 1.75 bits per heavy atom. The molecule has 0 heterocycles. The maximum Gasteiger partial charge on any atom is 0.00244 e. The van der Waals surface area contributed by atoms with Gasteiger partial charge in [0.2, 0.25) is 0 Å². The predicted molar refractivity (Wildman–Crippen MR) is 20.4 cm³/mol. The molecule has 0 bridgehead atoms. The minimum atomic E-state index is 0. The summed E-state index contributed by atoms with van der Waals surface area (Å²) in [5.41, 5.74) is 0. The molecule has 2 heteroatoms. The molecule has 0 radical (unpaired) electrons. The maximum atomic E-state index is 2.19. The van der Waals surface area contributed by atoms with Gasteiger partial charge in [-0.25, -0.2) is 0 Å². The van der Waals surface area contributed by atoms with E-state index >= 15 is 0 Å². The molecule has 0 rings (SSSR count). The summed E-state index contributed by atoms with van der Waals surface area (Å²) in [6.45, 7) is 2.19. The van der Waals surface area contributed by atoms with Gasteiger partial charge in [0.25, 0.3) is 0 Å². The van der Waals surface area contributed by atoms with Crippen LogP contribution in [-0.2, 0) is 21.7 Å². The fourth-order valence-electron chi connectivity index (χ4n) is 0. The number of hydrogen-bond acceptors (Lipinski definition) is 0. The van der Waals surface area contributed by atoms with Gasteiger partial charge in [-0.15, -0.1) is 0 Å². The molecule has 0 N–H and O–H groups in total. The van der Waals surface area contributed by atoms with Crippen LogP contribution < -0.4 is 0 Å². The Labute approximate surface area is 45.3 Å². The van der Waals surface area contributed by atoms with Gasteiger partial charge in [-0.3, -0.25) is 0 Å². The van der Waals surface area contributed by atoms with Crippen molar-refractivity contribution in [3.05, 3.63) is 0 Å². The molecule has 0 aliphatic heterocycles. The summed E-state index contributed by atoms with van der Waals surface area (Å²) < 4.78 is 0. The second kappa shape index (κ2) is 9.06. The summed E-state index contributed by atoms with van der Waals surface area (Å²) >= 11 is 0. The van der Waals surface area contributed by atoms with Crippen LogP contribution in [-0.4, -0.2) is 10.2 Å². The van der Waals surface area contributed by atoms with E-state index in [9.17, 15) is 0 Å². The van der Waals surface area contributed by atoms with Crippen molar-refractivity contribution in [1.29, 1.82) is 0 Å². The second-order valence-electron chi connectivity index (χ2n) is 0.707. The quantitative estimate of drug-likeness (QED) is 0.376. The van der Waals surface area contributed by atoms with Crippen LogP contribution >= 0.6 is 0 Å². The van der Waals surface area contributed by atoms with Crippen LogP contribution in [0, 0.1) is 0 Å². The summed E-state index contributed by atoms with van der Waals surface area (Å²) in [7, 11) is 1.37. The average Bonchev–Trinajstić information content (AvgIpc) is 0.918. The van der Waals surface area contributed by atoms with Gasteiger partial charge in [0.05, 0.1) is 0 Å². The van der Waals surface area contributed by atoms with Crippen LogP contribution in [0.15, 0.2) is 0 Å². The van der Waals surface area contributed by atoms with Gasteiger partial charge in [0.15, 0.2) is 0 Å². The van der Waals surface area contributed by atoms with Crippen LogP contribution in [0.4, 0.5) is 0 Å². The first-order chi connectivity index (χ1) is 1.41. The molecular weight excluding hydrogens is 100.0 g/mol. The van der Waals surface area contributed by atoms with Crippen molar-refractivity contribution in [1.82, 2.24) is 0 Å². The summed E-state index contributed by atoms with van der Waals surface area (Å²) in [4.78, 5) is 0. The molecule has 0 aromatic rings. The molecule has 0 nitrogen and oxygen atoms in total. The first-order valence-corrected chi connectivity index (χ1v) is 2.83. The summed E-state index contributed by atoms with van der Waals surface area (Å²) in [6.07, 6.45) is 0.